The van der Waals surface area contributed by atoms with Crippen LogP contribution in [0.15, 0.2) is 24.4 Å². The van der Waals surface area contributed by atoms with Crippen LogP contribution in [0.5, 0.6) is 0 Å². The van der Waals surface area contributed by atoms with Gasteiger partial charge in [0.2, 0.25) is 0 Å². The van der Waals surface area contributed by atoms with Crippen LogP contribution in [-0.2, 0) is 6.54 Å². The maximum absolute atomic E-state index is 13.1. The quantitative estimate of drug-likeness (QED) is 0.927. The van der Waals surface area contributed by atoms with Crippen LogP contribution >= 0.6 is 11.6 Å². The molecule has 1 aromatic heterocycles. The van der Waals surface area contributed by atoms with Crippen LogP contribution in [0.25, 0.3) is 0 Å². The first-order valence-corrected chi connectivity index (χ1v) is 6.10. The fourth-order valence-electron chi connectivity index (χ4n) is 1.77. The van der Waals surface area contributed by atoms with E-state index in [-0.39, 0.29) is 5.02 Å². The van der Waals surface area contributed by atoms with Gasteiger partial charge in [-0.3, -0.25) is 0 Å². The number of nitrogens with two attached hydrogens (primary N) is 1. The highest BCUT2D eigenvalue weighted by Gasteiger charge is 2.15. The van der Waals surface area contributed by atoms with Crippen LogP contribution in [0.4, 0.5) is 4.39 Å². The molecule has 0 aliphatic heterocycles. The van der Waals surface area contributed by atoms with Crippen molar-refractivity contribution in [3.8, 4) is 0 Å². The van der Waals surface area contributed by atoms with Crippen LogP contribution in [0, 0.1) is 5.82 Å². The number of rotatable bonds is 4. The van der Waals surface area contributed by atoms with E-state index in [0.29, 0.717) is 0 Å². The van der Waals surface area contributed by atoms with Crippen molar-refractivity contribution in [1.82, 2.24) is 15.0 Å². The third-order valence-electron chi connectivity index (χ3n) is 2.70. The Kier molecular flexibility index (Phi) is 3.93. The number of benzene rings is 1. The van der Waals surface area contributed by atoms with Crippen molar-refractivity contribution in [2.24, 2.45) is 5.73 Å². The van der Waals surface area contributed by atoms with E-state index in [0.717, 1.165) is 24.2 Å². The lowest BCUT2D eigenvalue weighted by atomic mass is 10.1. The number of aromatic nitrogens is 3. The summed E-state index contributed by atoms with van der Waals surface area (Å²) in [6, 6.07) is 4.05. The Morgan fingerprint density at radius 3 is 2.94 bits per heavy atom. The Labute approximate surface area is 110 Å². The standard InChI is InChI=1S/C12H14ClFN4/c1-2-5-18-11(7-16-17-18)12(15)8-3-4-10(14)9(13)6-8/h3-4,6-7,12H,2,5,15H2,1H3. The Morgan fingerprint density at radius 2 is 2.28 bits per heavy atom. The van der Waals surface area contributed by atoms with Crippen LogP contribution < -0.4 is 5.73 Å². The topological polar surface area (TPSA) is 56.7 Å². The molecule has 4 nitrogen and oxygen atoms in total. The molecule has 0 aliphatic carbocycles. The van der Waals surface area contributed by atoms with Gasteiger partial charge in [0.15, 0.2) is 0 Å². The lowest BCUT2D eigenvalue weighted by molar-refractivity contribution is 0.543. The summed E-state index contributed by atoms with van der Waals surface area (Å²) < 4.78 is 14.9. The molecule has 1 atom stereocenters. The molecule has 2 aromatic rings. The molecule has 0 radical (unpaired) electrons. The zero-order valence-corrected chi connectivity index (χ0v) is 10.7. The largest absolute Gasteiger partial charge is 0.319 e. The Balaban J connectivity index is 2.32. The van der Waals surface area contributed by atoms with Gasteiger partial charge in [-0.1, -0.05) is 29.8 Å². The van der Waals surface area contributed by atoms with Crippen molar-refractivity contribution in [1.29, 1.82) is 0 Å². The van der Waals surface area contributed by atoms with Gasteiger partial charge in [0.05, 0.1) is 23.0 Å². The van der Waals surface area contributed by atoms with Gasteiger partial charge in [0, 0.05) is 6.54 Å². The van der Waals surface area contributed by atoms with Crippen molar-refractivity contribution in [2.45, 2.75) is 25.9 Å². The van der Waals surface area contributed by atoms with E-state index < -0.39 is 11.9 Å². The molecular weight excluding hydrogens is 255 g/mol. The van der Waals surface area contributed by atoms with Gasteiger partial charge < -0.3 is 5.73 Å². The molecule has 0 fully saturated rings. The fourth-order valence-corrected chi connectivity index (χ4v) is 1.96. The van der Waals surface area contributed by atoms with E-state index in [1.807, 2.05) is 6.92 Å². The van der Waals surface area contributed by atoms with Crippen LogP contribution in [-0.4, -0.2) is 15.0 Å². The second kappa shape index (κ2) is 5.46. The first-order chi connectivity index (χ1) is 8.63. The minimum absolute atomic E-state index is 0.0671. The van der Waals surface area contributed by atoms with Gasteiger partial charge >= 0.3 is 0 Å². The molecule has 0 aliphatic rings. The maximum atomic E-state index is 13.1. The molecule has 6 heteroatoms. The smallest absolute Gasteiger partial charge is 0.141 e. The second-order valence-electron chi connectivity index (χ2n) is 4.03. The summed E-state index contributed by atoms with van der Waals surface area (Å²) in [4.78, 5) is 0. The Morgan fingerprint density at radius 1 is 1.50 bits per heavy atom. The average molecular weight is 269 g/mol. The lowest BCUT2D eigenvalue weighted by Gasteiger charge is -2.13. The third-order valence-corrected chi connectivity index (χ3v) is 2.99. The van der Waals surface area contributed by atoms with E-state index in [1.165, 1.54) is 12.1 Å². The number of hydrogen-bond acceptors (Lipinski definition) is 3. The third kappa shape index (κ3) is 2.52. The van der Waals surface area contributed by atoms with Crippen molar-refractivity contribution in [3.05, 3.63) is 46.5 Å². The Hall–Kier alpha value is -1.46. The van der Waals surface area contributed by atoms with E-state index >= 15 is 0 Å². The monoisotopic (exact) mass is 268 g/mol. The first-order valence-electron chi connectivity index (χ1n) is 5.72. The van der Waals surface area contributed by atoms with Gasteiger partial charge in [-0.25, -0.2) is 9.07 Å². The summed E-state index contributed by atoms with van der Waals surface area (Å²) in [7, 11) is 0. The highest BCUT2D eigenvalue weighted by Crippen LogP contribution is 2.23. The summed E-state index contributed by atoms with van der Waals surface area (Å²) in [5.41, 5.74) is 7.66. The molecule has 2 rings (SSSR count). The van der Waals surface area contributed by atoms with Gasteiger partial charge in [-0.05, 0) is 24.1 Å². The zero-order valence-electron chi connectivity index (χ0n) is 9.98. The number of aryl methyl sites for hydroxylation is 1. The van der Waals surface area contributed by atoms with Crippen molar-refractivity contribution in [3.63, 3.8) is 0 Å². The van der Waals surface area contributed by atoms with Crippen molar-refractivity contribution < 1.29 is 4.39 Å². The average Bonchev–Trinajstić information content (AvgIpc) is 2.80. The van der Waals surface area contributed by atoms with E-state index in [4.69, 9.17) is 17.3 Å². The summed E-state index contributed by atoms with van der Waals surface area (Å²) >= 11 is 5.75. The van der Waals surface area contributed by atoms with Gasteiger partial charge in [0.1, 0.15) is 5.82 Å². The highest BCUT2D eigenvalue weighted by molar-refractivity contribution is 6.30. The molecule has 2 N–H and O–H groups in total. The van der Waals surface area contributed by atoms with Gasteiger partial charge in [0.25, 0.3) is 0 Å². The van der Waals surface area contributed by atoms with Gasteiger partial charge in [-0.15, -0.1) is 5.10 Å². The van der Waals surface area contributed by atoms with E-state index in [9.17, 15) is 4.39 Å². The summed E-state index contributed by atoms with van der Waals surface area (Å²) in [5.74, 6) is -0.451. The van der Waals surface area contributed by atoms with Crippen LogP contribution in [0.3, 0.4) is 0 Å². The SMILES string of the molecule is CCCn1nncc1C(N)c1ccc(F)c(Cl)c1. The predicted molar refractivity (Wildman–Crippen MR) is 67.8 cm³/mol. The first kappa shape index (κ1) is 13.0. The molecule has 1 heterocycles. The molecule has 1 aromatic carbocycles. The highest BCUT2D eigenvalue weighted by atomic mass is 35.5. The summed E-state index contributed by atoms with van der Waals surface area (Å²) in [6.45, 7) is 2.80. The van der Waals surface area contributed by atoms with Crippen LogP contribution in [0.1, 0.15) is 30.6 Å². The molecule has 1 unspecified atom stereocenters. The normalized spacial score (nSPS) is 12.7. The summed E-state index contributed by atoms with van der Waals surface area (Å²) in [6.07, 6.45) is 2.56. The zero-order chi connectivity index (χ0) is 13.1. The Bertz CT molecular complexity index is 541. The molecule has 0 saturated carbocycles. The molecule has 0 amide bonds. The molecular formula is C12H14ClFN4. The van der Waals surface area contributed by atoms with Gasteiger partial charge in [-0.2, -0.15) is 0 Å². The molecule has 0 saturated heterocycles. The van der Waals surface area contributed by atoms with Crippen LogP contribution in [0.2, 0.25) is 5.02 Å². The van der Waals surface area contributed by atoms with E-state index in [2.05, 4.69) is 10.3 Å². The van der Waals surface area contributed by atoms with E-state index in [1.54, 1.807) is 16.9 Å². The molecule has 96 valence electrons. The second-order valence-corrected chi connectivity index (χ2v) is 4.44. The predicted octanol–water partition coefficient (Wildman–Crippen LogP) is 2.53. The minimum Gasteiger partial charge on any atom is -0.319 e. The van der Waals surface area contributed by atoms with Crippen molar-refractivity contribution in [2.75, 3.05) is 0 Å². The number of nitrogens with zero attached hydrogens (tertiary/aromatic N) is 3. The summed E-state index contributed by atoms with van der Waals surface area (Å²) in [5, 5.41) is 7.89. The fraction of sp³-hybridized carbons (Fsp3) is 0.333. The number of hydrogen-bond donors (Lipinski definition) is 1. The maximum Gasteiger partial charge on any atom is 0.141 e. The molecule has 0 bridgehead atoms. The van der Waals surface area contributed by atoms with Crippen molar-refractivity contribution >= 4 is 11.6 Å². The lowest BCUT2D eigenvalue weighted by Crippen LogP contribution is -2.17. The molecule has 0 spiro atoms. The number of halogens is 2. The molecule has 18 heavy (non-hydrogen) atoms. The minimum atomic E-state index is -0.451.